The second-order valence-electron chi connectivity index (χ2n) is 8.73. The minimum absolute atomic E-state index is 0.00628. The normalized spacial score (nSPS) is 20.3. The third kappa shape index (κ3) is 4.67. The number of benzene rings is 1. The zero-order chi connectivity index (χ0) is 23.7. The van der Waals surface area contributed by atoms with E-state index in [-0.39, 0.29) is 29.5 Å². The van der Waals surface area contributed by atoms with Gasteiger partial charge < -0.3 is 19.4 Å². The molecule has 2 heterocycles. The molecule has 1 spiro atoms. The summed E-state index contributed by atoms with van der Waals surface area (Å²) < 4.78 is 45.5. The van der Waals surface area contributed by atoms with Crippen molar-refractivity contribution in [2.75, 3.05) is 52.3 Å². The second kappa shape index (κ2) is 8.98. The van der Waals surface area contributed by atoms with E-state index < -0.39 is 23.3 Å². The fraction of sp³-hybridized carbons (Fsp3) is 0.591. The Morgan fingerprint density at radius 1 is 1.28 bits per heavy atom. The number of halogens is 3. The zero-order valence-corrected chi connectivity index (χ0v) is 18.4. The lowest BCUT2D eigenvalue weighted by Crippen LogP contribution is -2.45. The highest BCUT2D eigenvalue weighted by atomic mass is 19.4. The van der Waals surface area contributed by atoms with Gasteiger partial charge in [-0.3, -0.25) is 9.59 Å². The fourth-order valence-electron chi connectivity index (χ4n) is 4.70. The molecular formula is C22H27F3N4O3. The highest BCUT2D eigenvalue weighted by Crippen LogP contribution is 2.46. The van der Waals surface area contributed by atoms with Crippen LogP contribution < -0.4 is 4.90 Å². The minimum atomic E-state index is -4.67. The van der Waals surface area contributed by atoms with Gasteiger partial charge in [0.05, 0.1) is 17.2 Å². The van der Waals surface area contributed by atoms with Crippen molar-refractivity contribution in [3.8, 4) is 6.07 Å². The number of carbonyl (C=O) groups is 2. The molecule has 2 aliphatic heterocycles. The summed E-state index contributed by atoms with van der Waals surface area (Å²) in [7, 11) is 4.71. The van der Waals surface area contributed by atoms with Gasteiger partial charge in [0.2, 0.25) is 11.8 Å². The van der Waals surface area contributed by atoms with Crippen molar-refractivity contribution < 1.29 is 27.5 Å². The number of nitrogens with zero attached hydrogens (tertiary/aromatic N) is 4. The van der Waals surface area contributed by atoms with E-state index in [0.717, 1.165) is 12.1 Å². The third-order valence-electron chi connectivity index (χ3n) is 6.44. The molecule has 7 nitrogen and oxygen atoms in total. The Bertz CT molecular complexity index is 918. The van der Waals surface area contributed by atoms with E-state index in [4.69, 9.17) is 10.00 Å². The molecule has 1 aromatic carbocycles. The highest BCUT2D eigenvalue weighted by molar-refractivity contribution is 5.86. The summed E-state index contributed by atoms with van der Waals surface area (Å²) in [4.78, 5) is 30.0. The van der Waals surface area contributed by atoms with Crippen LogP contribution in [-0.4, -0.2) is 75.1 Å². The van der Waals surface area contributed by atoms with Crippen LogP contribution in [0.25, 0.3) is 0 Å². The average Bonchev–Trinajstić information content (AvgIpc) is 3.11. The lowest BCUT2D eigenvalue weighted by molar-refractivity contribution is -0.138. The quantitative estimate of drug-likeness (QED) is 0.702. The SMILES string of the molecule is COCC(=O)N1CCC2(CC1)CC(C(=O)N(C)C)N(c1ccc(C#N)c(C(F)(F)F)c1)C2. The van der Waals surface area contributed by atoms with Crippen molar-refractivity contribution in [1.82, 2.24) is 9.80 Å². The van der Waals surface area contributed by atoms with Crippen molar-refractivity contribution in [1.29, 1.82) is 5.26 Å². The lowest BCUT2D eigenvalue weighted by Gasteiger charge is -2.39. The smallest absolute Gasteiger partial charge is 0.375 e. The van der Waals surface area contributed by atoms with Crippen LogP contribution in [-0.2, 0) is 20.5 Å². The number of amides is 2. The van der Waals surface area contributed by atoms with Crippen molar-refractivity contribution >= 4 is 17.5 Å². The number of methoxy groups -OCH3 is 1. The van der Waals surface area contributed by atoms with E-state index in [9.17, 15) is 22.8 Å². The predicted molar refractivity (Wildman–Crippen MR) is 111 cm³/mol. The Hall–Kier alpha value is -2.80. The van der Waals surface area contributed by atoms with E-state index in [1.165, 1.54) is 18.1 Å². The third-order valence-corrected chi connectivity index (χ3v) is 6.44. The molecule has 2 saturated heterocycles. The molecular weight excluding hydrogens is 425 g/mol. The number of likely N-dealkylation sites (tertiary alicyclic amines) is 1. The molecule has 10 heteroatoms. The zero-order valence-electron chi connectivity index (χ0n) is 18.4. The van der Waals surface area contributed by atoms with Crippen LogP contribution in [0, 0.1) is 16.7 Å². The molecule has 1 atom stereocenters. The molecule has 1 aromatic rings. The Balaban J connectivity index is 1.91. The van der Waals surface area contributed by atoms with Crippen molar-refractivity contribution in [2.45, 2.75) is 31.5 Å². The highest BCUT2D eigenvalue weighted by Gasteiger charge is 2.49. The number of anilines is 1. The lowest BCUT2D eigenvalue weighted by atomic mass is 9.76. The first-order valence-electron chi connectivity index (χ1n) is 10.4. The van der Waals surface area contributed by atoms with Crippen molar-refractivity contribution in [2.24, 2.45) is 5.41 Å². The van der Waals surface area contributed by atoms with Gasteiger partial charge >= 0.3 is 6.18 Å². The molecule has 0 saturated carbocycles. The Kier molecular flexibility index (Phi) is 6.69. The summed E-state index contributed by atoms with van der Waals surface area (Å²) in [6.45, 7) is 1.44. The number of hydrogen-bond donors (Lipinski definition) is 0. The van der Waals surface area contributed by atoms with E-state index in [2.05, 4.69) is 0 Å². The molecule has 3 rings (SSSR count). The van der Waals surface area contributed by atoms with Crippen molar-refractivity contribution in [3.63, 3.8) is 0 Å². The second-order valence-corrected chi connectivity index (χ2v) is 8.73. The Morgan fingerprint density at radius 2 is 1.94 bits per heavy atom. The molecule has 0 aromatic heterocycles. The van der Waals surface area contributed by atoms with Crippen LogP contribution in [0.2, 0.25) is 0 Å². The van der Waals surface area contributed by atoms with Gasteiger partial charge in [0.25, 0.3) is 0 Å². The average molecular weight is 452 g/mol. The maximum absolute atomic E-state index is 13.5. The van der Waals surface area contributed by atoms with E-state index in [1.54, 1.807) is 30.0 Å². The molecule has 2 amide bonds. The van der Waals surface area contributed by atoms with Gasteiger partial charge in [-0.15, -0.1) is 0 Å². The van der Waals surface area contributed by atoms with Gasteiger partial charge in [-0.1, -0.05) is 0 Å². The number of hydrogen-bond acceptors (Lipinski definition) is 5. The standard InChI is InChI=1S/C22H27F3N4O3/c1-27(2)20(31)18-11-21(6-8-28(9-7-21)19(30)13-32-3)14-29(18)16-5-4-15(12-26)17(10-16)22(23,24)25/h4-5,10,18H,6-9,11,13-14H2,1-3H3. The molecule has 174 valence electrons. The monoisotopic (exact) mass is 452 g/mol. The van der Waals surface area contributed by atoms with Gasteiger partial charge in [0.15, 0.2) is 0 Å². The largest absolute Gasteiger partial charge is 0.417 e. The fourth-order valence-corrected chi connectivity index (χ4v) is 4.70. The van der Waals surface area contributed by atoms with Gasteiger partial charge in [0.1, 0.15) is 12.6 Å². The van der Waals surface area contributed by atoms with Crippen LogP contribution in [0.5, 0.6) is 0 Å². The van der Waals surface area contributed by atoms with Crippen LogP contribution in [0.1, 0.15) is 30.4 Å². The van der Waals surface area contributed by atoms with Gasteiger partial charge in [-0.2, -0.15) is 18.4 Å². The van der Waals surface area contributed by atoms with Crippen LogP contribution in [0.4, 0.5) is 18.9 Å². The molecule has 0 N–H and O–H groups in total. The molecule has 2 aliphatic rings. The maximum atomic E-state index is 13.5. The number of ether oxygens (including phenoxy) is 1. The summed E-state index contributed by atoms with van der Waals surface area (Å²) >= 11 is 0. The number of rotatable bonds is 4. The first kappa shape index (κ1) is 23.9. The number of piperidine rings is 1. The van der Waals surface area contributed by atoms with E-state index in [1.807, 2.05) is 0 Å². The van der Waals surface area contributed by atoms with Gasteiger partial charge in [-0.25, -0.2) is 0 Å². The first-order chi connectivity index (χ1) is 15.0. The molecule has 0 radical (unpaired) electrons. The Labute approximate surface area is 185 Å². The van der Waals surface area contributed by atoms with Crippen LogP contribution in [0.15, 0.2) is 18.2 Å². The topological polar surface area (TPSA) is 76.9 Å². The molecule has 0 bridgehead atoms. The van der Waals surface area contributed by atoms with Gasteiger partial charge in [0, 0.05) is 46.5 Å². The summed E-state index contributed by atoms with van der Waals surface area (Å²) in [5, 5.41) is 9.09. The predicted octanol–water partition coefficient (Wildman–Crippen LogP) is 2.50. The van der Waals surface area contributed by atoms with Gasteiger partial charge in [-0.05, 0) is 42.9 Å². The van der Waals surface area contributed by atoms with E-state index >= 15 is 0 Å². The summed E-state index contributed by atoms with van der Waals surface area (Å²) in [6.07, 6.45) is -2.87. The van der Waals surface area contributed by atoms with Crippen LogP contribution in [0.3, 0.4) is 0 Å². The number of alkyl halides is 3. The number of nitriles is 1. The number of carbonyl (C=O) groups excluding carboxylic acids is 2. The molecule has 32 heavy (non-hydrogen) atoms. The maximum Gasteiger partial charge on any atom is 0.417 e. The molecule has 1 unspecified atom stereocenters. The minimum Gasteiger partial charge on any atom is -0.375 e. The first-order valence-corrected chi connectivity index (χ1v) is 10.4. The Morgan fingerprint density at radius 3 is 2.47 bits per heavy atom. The van der Waals surface area contributed by atoms with E-state index in [0.29, 0.717) is 38.9 Å². The van der Waals surface area contributed by atoms with Crippen LogP contribution >= 0.6 is 0 Å². The summed E-state index contributed by atoms with van der Waals surface area (Å²) in [5.41, 5.74) is -1.47. The van der Waals surface area contributed by atoms with Crippen molar-refractivity contribution in [3.05, 3.63) is 29.3 Å². The summed E-state index contributed by atoms with van der Waals surface area (Å²) in [6, 6.07) is 4.58. The molecule has 2 fully saturated rings. The summed E-state index contributed by atoms with van der Waals surface area (Å²) in [5.74, 6) is -0.280. The number of likely N-dealkylation sites (N-methyl/N-ethyl adjacent to an activating group) is 1. The molecule has 0 aliphatic carbocycles.